The number of carbonyl (C=O) groups is 2. The van der Waals surface area contributed by atoms with Gasteiger partial charge in [0.1, 0.15) is 0 Å². The molecule has 0 rings (SSSR count). The van der Waals surface area contributed by atoms with Crippen molar-refractivity contribution in [1.29, 1.82) is 0 Å². The van der Waals surface area contributed by atoms with E-state index >= 15 is 0 Å². The van der Waals surface area contributed by atoms with Crippen LogP contribution in [0, 0.1) is 0 Å². The van der Waals surface area contributed by atoms with Crippen LogP contribution in [0.3, 0.4) is 0 Å². The summed E-state index contributed by atoms with van der Waals surface area (Å²) < 4.78 is 4.80. The minimum Gasteiger partial charge on any atom is -0.475 e. The van der Waals surface area contributed by atoms with Gasteiger partial charge in [0, 0.05) is 6.42 Å². The van der Waals surface area contributed by atoms with Gasteiger partial charge in [-0.2, -0.15) is 0 Å². The zero-order valence-electron chi connectivity index (χ0n) is 11.0. The van der Waals surface area contributed by atoms with E-state index in [-0.39, 0.29) is 12.2 Å². The average Bonchev–Trinajstić information content (AvgIpc) is 2.33. The summed E-state index contributed by atoms with van der Waals surface area (Å²) in [6, 6.07) is 0. The van der Waals surface area contributed by atoms with Gasteiger partial charge in [-0.05, 0) is 18.9 Å². The Kier molecular flexibility index (Phi) is 9.64. The van der Waals surface area contributed by atoms with Crippen LogP contribution in [0.25, 0.3) is 0 Å². The van der Waals surface area contributed by atoms with Crippen molar-refractivity contribution in [3.63, 3.8) is 0 Å². The third kappa shape index (κ3) is 8.56. The third-order valence-corrected chi connectivity index (χ3v) is 2.39. The summed E-state index contributed by atoms with van der Waals surface area (Å²) in [5.41, 5.74) is 0. The molecule has 0 aromatic carbocycles. The minimum atomic E-state index is -1.23. The predicted molar refractivity (Wildman–Crippen MR) is 70.0 cm³/mol. The normalized spacial score (nSPS) is 11.1. The van der Waals surface area contributed by atoms with E-state index in [9.17, 15) is 9.59 Å². The molecule has 0 amide bonds. The molecule has 0 radical (unpaired) electrons. The maximum atomic E-state index is 11.4. The Morgan fingerprint density at radius 3 is 2.44 bits per heavy atom. The Hall–Kier alpha value is -1.58. The highest BCUT2D eigenvalue weighted by Crippen LogP contribution is 2.08. The molecule has 0 aliphatic carbocycles. The van der Waals surface area contributed by atoms with Crippen molar-refractivity contribution < 1.29 is 19.4 Å². The summed E-state index contributed by atoms with van der Waals surface area (Å²) in [6.07, 6.45) is 8.64. The lowest BCUT2D eigenvalue weighted by Crippen LogP contribution is -2.11. The van der Waals surface area contributed by atoms with E-state index in [0.717, 1.165) is 32.1 Å². The fourth-order valence-electron chi connectivity index (χ4n) is 1.41. The zero-order valence-corrected chi connectivity index (χ0v) is 11.0. The van der Waals surface area contributed by atoms with Crippen LogP contribution >= 0.6 is 0 Å². The largest absolute Gasteiger partial charge is 0.475 e. The maximum Gasteiger partial charge on any atom is 0.371 e. The Morgan fingerprint density at radius 1 is 1.22 bits per heavy atom. The molecule has 4 heteroatoms. The molecule has 0 aliphatic heterocycles. The summed E-state index contributed by atoms with van der Waals surface area (Å²) in [5, 5.41) is 8.81. The van der Waals surface area contributed by atoms with E-state index in [2.05, 4.69) is 13.5 Å². The summed E-state index contributed by atoms with van der Waals surface area (Å²) >= 11 is 0. The fourth-order valence-corrected chi connectivity index (χ4v) is 1.41. The number of hydrogen-bond donors (Lipinski definition) is 1. The summed E-state index contributed by atoms with van der Waals surface area (Å²) in [5.74, 6) is -2.02. The fraction of sp³-hybridized carbons (Fsp3) is 0.571. The summed E-state index contributed by atoms with van der Waals surface area (Å²) in [7, 11) is 0. The van der Waals surface area contributed by atoms with E-state index in [4.69, 9.17) is 9.84 Å². The van der Waals surface area contributed by atoms with Crippen molar-refractivity contribution in [1.82, 2.24) is 0 Å². The van der Waals surface area contributed by atoms with Gasteiger partial charge in [0.05, 0.1) is 0 Å². The molecule has 0 heterocycles. The van der Waals surface area contributed by atoms with Gasteiger partial charge in [-0.3, -0.25) is 4.79 Å². The molecule has 0 spiro atoms. The number of hydrogen-bond acceptors (Lipinski definition) is 3. The molecular formula is C14H22O4. The van der Waals surface area contributed by atoms with Gasteiger partial charge in [-0.25, -0.2) is 4.79 Å². The van der Waals surface area contributed by atoms with Gasteiger partial charge < -0.3 is 9.84 Å². The van der Waals surface area contributed by atoms with E-state index in [1.54, 1.807) is 6.08 Å². The van der Waals surface area contributed by atoms with Crippen LogP contribution in [0.5, 0.6) is 0 Å². The van der Waals surface area contributed by atoms with Crippen LogP contribution < -0.4 is 0 Å². The Bertz CT molecular complexity index is 305. The van der Waals surface area contributed by atoms with Crippen LogP contribution in [0.15, 0.2) is 24.5 Å². The van der Waals surface area contributed by atoms with Crippen LogP contribution in [-0.4, -0.2) is 17.0 Å². The lowest BCUT2D eigenvalue weighted by Gasteiger charge is -2.04. The number of esters is 1. The zero-order chi connectivity index (χ0) is 13.8. The van der Waals surface area contributed by atoms with Crippen molar-refractivity contribution in [2.75, 3.05) is 0 Å². The number of carbonyl (C=O) groups excluding carboxylic acids is 1. The maximum absolute atomic E-state index is 11.4. The lowest BCUT2D eigenvalue weighted by atomic mass is 10.1. The number of ether oxygens (including phenoxy) is 1. The predicted octanol–water partition coefficient (Wildman–Crippen LogP) is 3.43. The smallest absolute Gasteiger partial charge is 0.371 e. The molecule has 0 saturated heterocycles. The van der Waals surface area contributed by atoms with Crippen LogP contribution in [-0.2, 0) is 14.3 Å². The molecule has 18 heavy (non-hydrogen) atoms. The monoisotopic (exact) mass is 254 g/mol. The first-order valence-electron chi connectivity index (χ1n) is 6.36. The number of carboxylic acids is 1. The molecule has 0 aromatic heterocycles. The highest BCUT2D eigenvalue weighted by molar-refractivity contribution is 5.87. The Morgan fingerprint density at radius 2 is 1.89 bits per heavy atom. The van der Waals surface area contributed by atoms with E-state index in [1.807, 2.05) is 0 Å². The Labute approximate surface area is 108 Å². The molecule has 0 aromatic rings. The van der Waals surface area contributed by atoms with Crippen LogP contribution in [0.4, 0.5) is 0 Å². The number of allylic oxidation sites excluding steroid dienone is 2. The standard InChI is InChI=1S/C14H22O4/c1-3-5-7-8-9-11-13(15)18-12(14(16)17)10-6-4-2/h4,10H,2-3,5-9,11H2,1H3,(H,16,17)/b12-10+. The van der Waals surface area contributed by atoms with Crippen molar-refractivity contribution >= 4 is 11.9 Å². The highest BCUT2D eigenvalue weighted by atomic mass is 16.6. The summed E-state index contributed by atoms with van der Waals surface area (Å²) in [6.45, 7) is 5.59. The molecular weight excluding hydrogens is 232 g/mol. The second-order valence-electron chi connectivity index (χ2n) is 4.04. The lowest BCUT2D eigenvalue weighted by molar-refractivity contribution is -0.148. The van der Waals surface area contributed by atoms with Crippen LogP contribution in [0.2, 0.25) is 0 Å². The first-order valence-corrected chi connectivity index (χ1v) is 6.36. The van der Waals surface area contributed by atoms with Gasteiger partial charge >= 0.3 is 11.9 Å². The Balaban J connectivity index is 3.96. The molecule has 0 fully saturated rings. The van der Waals surface area contributed by atoms with Crippen molar-refractivity contribution in [2.24, 2.45) is 0 Å². The van der Waals surface area contributed by atoms with Gasteiger partial charge in [-0.15, -0.1) is 6.58 Å². The number of rotatable bonds is 10. The number of unbranched alkanes of at least 4 members (excludes halogenated alkanes) is 4. The molecule has 0 bridgehead atoms. The van der Waals surface area contributed by atoms with E-state index in [0.29, 0.717) is 6.42 Å². The SMILES string of the molecule is C=CC/C=C(/OC(=O)CCCCCCC)C(=O)O. The van der Waals surface area contributed by atoms with Gasteiger partial charge in [0.2, 0.25) is 5.76 Å². The van der Waals surface area contributed by atoms with Crippen molar-refractivity contribution in [3.8, 4) is 0 Å². The quantitative estimate of drug-likeness (QED) is 0.213. The minimum absolute atomic E-state index is 0.266. The number of carboxylic acid groups (broad SMARTS) is 1. The highest BCUT2D eigenvalue weighted by Gasteiger charge is 2.13. The molecule has 0 atom stereocenters. The van der Waals surface area contributed by atoms with Gasteiger partial charge in [-0.1, -0.05) is 38.7 Å². The van der Waals surface area contributed by atoms with Gasteiger partial charge in [0.15, 0.2) is 0 Å². The van der Waals surface area contributed by atoms with Crippen molar-refractivity contribution in [3.05, 3.63) is 24.5 Å². The van der Waals surface area contributed by atoms with Gasteiger partial charge in [0.25, 0.3) is 0 Å². The molecule has 4 nitrogen and oxygen atoms in total. The molecule has 0 unspecified atom stereocenters. The van der Waals surface area contributed by atoms with Crippen molar-refractivity contribution in [2.45, 2.75) is 51.9 Å². The van der Waals surface area contributed by atoms with Crippen LogP contribution in [0.1, 0.15) is 51.9 Å². The first kappa shape index (κ1) is 16.4. The summed E-state index contributed by atoms with van der Waals surface area (Å²) in [4.78, 5) is 22.2. The van der Waals surface area contributed by atoms with E-state index < -0.39 is 11.9 Å². The average molecular weight is 254 g/mol. The third-order valence-electron chi connectivity index (χ3n) is 2.39. The molecule has 102 valence electrons. The van der Waals surface area contributed by atoms with E-state index in [1.165, 1.54) is 6.08 Å². The second-order valence-corrected chi connectivity index (χ2v) is 4.04. The topological polar surface area (TPSA) is 63.6 Å². The first-order chi connectivity index (χ1) is 8.61. The molecule has 0 saturated carbocycles. The second kappa shape index (κ2) is 10.6. The number of aliphatic carboxylic acids is 1. The molecule has 1 N–H and O–H groups in total. The molecule has 0 aliphatic rings.